The summed E-state index contributed by atoms with van der Waals surface area (Å²) < 4.78 is 4.53. The molecule has 0 spiro atoms. The predicted octanol–water partition coefficient (Wildman–Crippen LogP) is -0.263. The van der Waals surface area contributed by atoms with Crippen molar-refractivity contribution in [1.82, 2.24) is 10.2 Å². The lowest BCUT2D eigenvalue weighted by Crippen LogP contribution is -2.53. The van der Waals surface area contributed by atoms with Crippen LogP contribution in [0.25, 0.3) is 0 Å². The smallest absolute Gasteiger partial charge is 0.319 e. The average Bonchev–Trinajstić information content (AvgIpc) is 2.28. The summed E-state index contributed by atoms with van der Waals surface area (Å²) in [4.78, 5) is 13.1. The van der Waals surface area contributed by atoms with Crippen LogP contribution in [-0.4, -0.2) is 50.2 Å². The maximum absolute atomic E-state index is 11.0. The van der Waals surface area contributed by atoms with Crippen LogP contribution < -0.4 is 5.32 Å². The number of nitrogens with zero attached hydrogens (tertiary/aromatic N) is 2. The minimum absolute atomic E-state index is 0.105. The van der Waals surface area contributed by atoms with Gasteiger partial charge in [0.15, 0.2) is 0 Å². The molecule has 0 saturated carbocycles. The molecule has 0 aliphatic carbocycles. The van der Waals surface area contributed by atoms with Crippen LogP contribution in [0.3, 0.4) is 0 Å². The quantitative estimate of drug-likeness (QED) is 0.651. The Kier molecular flexibility index (Phi) is 4.06. The van der Waals surface area contributed by atoms with Gasteiger partial charge in [0, 0.05) is 13.1 Å². The van der Waals surface area contributed by atoms with E-state index < -0.39 is 5.54 Å². The number of hydrogen-bond acceptors (Lipinski definition) is 5. The summed E-state index contributed by atoms with van der Waals surface area (Å²) in [5.74, 6) is -0.330. The van der Waals surface area contributed by atoms with E-state index in [9.17, 15) is 4.79 Å². The van der Waals surface area contributed by atoms with Crippen molar-refractivity contribution in [2.45, 2.75) is 18.4 Å². The summed E-state index contributed by atoms with van der Waals surface area (Å²) in [6.07, 6.45) is 1.49. The normalized spacial score (nSPS) is 20.6. The first-order valence-corrected chi connectivity index (χ1v) is 5.03. The Morgan fingerprint density at radius 2 is 2.20 bits per heavy atom. The number of nitrogens with one attached hydrogen (secondary N) is 1. The van der Waals surface area contributed by atoms with E-state index in [0.717, 1.165) is 25.9 Å². The second-order valence-electron chi connectivity index (χ2n) is 3.93. The number of likely N-dealkylation sites (tertiary alicyclic amines) is 1. The predicted molar refractivity (Wildman–Crippen MR) is 55.1 cm³/mol. The van der Waals surface area contributed by atoms with Crippen LogP contribution in [0.4, 0.5) is 0 Å². The molecule has 15 heavy (non-hydrogen) atoms. The number of esters is 1. The van der Waals surface area contributed by atoms with Gasteiger partial charge in [-0.25, -0.2) is 0 Å². The summed E-state index contributed by atoms with van der Waals surface area (Å²) in [5.41, 5.74) is -0.555. The minimum Gasteiger partial charge on any atom is -0.468 e. The average molecular weight is 211 g/mol. The standard InChI is InChI=1S/C10H17N3O2/c1-13-5-3-10(8-11,4-6-13)12-7-9(14)15-2/h12H,3-7H2,1-2H3. The van der Waals surface area contributed by atoms with Crippen molar-refractivity contribution < 1.29 is 9.53 Å². The van der Waals surface area contributed by atoms with Crippen LogP contribution in [0, 0.1) is 11.3 Å². The van der Waals surface area contributed by atoms with Gasteiger partial charge in [-0.2, -0.15) is 5.26 Å². The Balaban J connectivity index is 2.48. The van der Waals surface area contributed by atoms with E-state index in [1.807, 2.05) is 7.05 Å². The monoisotopic (exact) mass is 211 g/mol. The highest BCUT2D eigenvalue weighted by atomic mass is 16.5. The molecule has 0 unspecified atom stereocenters. The van der Waals surface area contributed by atoms with Crippen LogP contribution >= 0.6 is 0 Å². The molecule has 0 amide bonds. The molecule has 5 heteroatoms. The maximum Gasteiger partial charge on any atom is 0.319 e. The molecular formula is C10H17N3O2. The Hall–Kier alpha value is -1.12. The number of hydrogen-bond donors (Lipinski definition) is 1. The van der Waals surface area contributed by atoms with E-state index in [0.29, 0.717) is 0 Å². The zero-order valence-corrected chi connectivity index (χ0v) is 9.25. The summed E-state index contributed by atoms with van der Waals surface area (Å²) in [6.45, 7) is 1.86. The lowest BCUT2D eigenvalue weighted by atomic mass is 9.89. The Morgan fingerprint density at radius 3 is 2.67 bits per heavy atom. The summed E-state index contributed by atoms with van der Waals surface area (Å²) in [6, 6.07) is 2.27. The number of ether oxygens (including phenoxy) is 1. The van der Waals surface area contributed by atoms with Crippen molar-refractivity contribution in [1.29, 1.82) is 5.26 Å². The van der Waals surface area contributed by atoms with E-state index in [2.05, 4.69) is 21.0 Å². The van der Waals surface area contributed by atoms with E-state index >= 15 is 0 Å². The molecule has 1 aliphatic rings. The summed E-state index contributed by atoms with van der Waals surface area (Å²) >= 11 is 0. The van der Waals surface area contributed by atoms with Crippen molar-refractivity contribution in [3.8, 4) is 6.07 Å². The van der Waals surface area contributed by atoms with Gasteiger partial charge in [-0.3, -0.25) is 10.1 Å². The number of rotatable bonds is 3. The molecule has 0 bridgehead atoms. The lowest BCUT2D eigenvalue weighted by Gasteiger charge is -2.35. The molecular weight excluding hydrogens is 194 g/mol. The molecule has 1 fully saturated rings. The first-order valence-electron chi connectivity index (χ1n) is 5.03. The zero-order valence-electron chi connectivity index (χ0n) is 9.25. The molecule has 1 saturated heterocycles. The fraction of sp³-hybridized carbons (Fsp3) is 0.800. The van der Waals surface area contributed by atoms with Gasteiger partial charge in [-0.05, 0) is 19.9 Å². The fourth-order valence-electron chi connectivity index (χ4n) is 1.64. The van der Waals surface area contributed by atoms with Crippen LogP contribution in [0.5, 0.6) is 0 Å². The van der Waals surface area contributed by atoms with Gasteiger partial charge in [-0.1, -0.05) is 0 Å². The van der Waals surface area contributed by atoms with Crippen LogP contribution in [-0.2, 0) is 9.53 Å². The fourth-order valence-corrected chi connectivity index (χ4v) is 1.64. The molecule has 1 N–H and O–H groups in total. The van der Waals surface area contributed by atoms with Crippen molar-refractivity contribution >= 4 is 5.97 Å². The summed E-state index contributed by atoms with van der Waals surface area (Å²) in [5, 5.41) is 12.1. The highest BCUT2D eigenvalue weighted by Gasteiger charge is 2.33. The molecule has 0 aromatic rings. The second-order valence-corrected chi connectivity index (χ2v) is 3.93. The number of nitriles is 1. The Morgan fingerprint density at radius 1 is 1.60 bits per heavy atom. The zero-order chi connectivity index (χ0) is 11.3. The number of carbonyl (C=O) groups is 1. The molecule has 0 aromatic heterocycles. The number of methoxy groups -OCH3 is 1. The molecule has 5 nitrogen and oxygen atoms in total. The second kappa shape index (κ2) is 5.10. The van der Waals surface area contributed by atoms with Gasteiger partial charge < -0.3 is 9.64 Å². The molecule has 1 aliphatic heterocycles. The van der Waals surface area contributed by atoms with Gasteiger partial charge in [0.2, 0.25) is 0 Å². The van der Waals surface area contributed by atoms with Gasteiger partial charge in [0.05, 0.1) is 19.7 Å². The van der Waals surface area contributed by atoms with Crippen LogP contribution in [0.1, 0.15) is 12.8 Å². The SMILES string of the molecule is COC(=O)CNC1(C#N)CCN(C)CC1. The van der Waals surface area contributed by atoms with E-state index in [-0.39, 0.29) is 12.5 Å². The Bertz CT molecular complexity index is 264. The molecule has 0 radical (unpaired) electrons. The third-order valence-electron chi connectivity index (χ3n) is 2.85. The first-order chi connectivity index (χ1) is 7.12. The maximum atomic E-state index is 11.0. The topological polar surface area (TPSA) is 65.4 Å². The molecule has 1 rings (SSSR count). The first kappa shape index (κ1) is 12.0. The van der Waals surface area contributed by atoms with Crippen molar-refractivity contribution in [2.75, 3.05) is 33.8 Å². The van der Waals surface area contributed by atoms with E-state index in [1.54, 1.807) is 0 Å². The van der Waals surface area contributed by atoms with E-state index in [1.165, 1.54) is 7.11 Å². The highest BCUT2D eigenvalue weighted by molar-refractivity contribution is 5.71. The van der Waals surface area contributed by atoms with E-state index in [4.69, 9.17) is 5.26 Å². The van der Waals surface area contributed by atoms with Gasteiger partial charge in [0.25, 0.3) is 0 Å². The van der Waals surface area contributed by atoms with Crippen molar-refractivity contribution in [3.63, 3.8) is 0 Å². The number of carbonyl (C=O) groups excluding carboxylic acids is 1. The lowest BCUT2D eigenvalue weighted by molar-refractivity contribution is -0.139. The third kappa shape index (κ3) is 3.18. The summed E-state index contributed by atoms with van der Waals surface area (Å²) in [7, 11) is 3.37. The van der Waals surface area contributed by atoms with Crippen molar-refractivity contribution in [2.24, 2.45) is 0 Å². The van der Waals surface area contributed by atoms with Crippen LogP contribution in [0.2, 0.25) is 0 Å². The molecule has 1 heterocycles. The van der Waals surface area contributed by atoms with Gasteiger partial charge in [-0.15, -0.1) is 0 Å². The molecule has 0 aromatic carbocycles. The highest BCUT2D eigenvalue weighted by Crippen LogP contribution is 2.20. The van der Waals surface area contributed by atoms with Gasteiger partial charge >= 0.3 is 5.97 Å². The molecule has 84 valence electrons. The number of piperidine rings is 1. The van der Waals surface area contributed by atoms with Crippen molar-refractivity contribution in [3.05, 3.63) is 0 Å². The largest absolute Gasteiger partial charge is 0.468 e. The Labute approximate surface area is 90.0 Å². The van der Waals surface area contributed by atoms with Gasteiger partial charge in [0.1, 0.15) is 5.54 Å². The minimum atomic E-state index is -0.555. The molecule has 0 atom stereocenters. The van der Waals surface area contributed by atoms with Crippen LogP contribution in [0.15, 0.2) is 0 Å². The third-order valence-corrected chi connectivity index (χ3v) is 2.85.